The average molecular weight is 963 g/mol. The number of nitro groups is 1. The summed E-state index contributed by atoms with van der Waals surface area (Å²) in [5, 5.41) is 16.6. The highest BCUT2D eigenvalue weighted by Gasteiger charge is 2.42. The largest absolute Gasteiger partial charge is 0.471 e. The number of sulfonamides is 1. The zero-order valence-corrected chi connectivity index (χ0v) is 38.2. The predicted octanol–water partition coefficient (Wildman–Crippen LogP) is 8.94. The number of rotatable bonds is 12. The van der Waals surface area contributed by atoms with Gasteiger partial charge in [-0.05, 0) is 111 Å². The number of nitrogens with zero attached hydrogens (tertiary/aromatic N) is 5. The molecule has 1 amide bonds. The zero-order chi connectivity index (χ0) is 47.0. The van der Waals surface area contributed by atoms with Gasteiger partial charge in [-0.2, -0.15) is 18.2 Å². The summed E-state index contributed by atoms with van der Waals surface area (Å²) in [6, 6.07) is 19.4. The van der Waals surface area contributed by atoms with E-state index >= 15 is 0 Å². The van der Waals surface area contributed by atoms with Gasteiger partial charge in [0, 0.05) is 80.8 Å². The van der Waals surface area contributed by atoms with Crippen molar-refractivity contribution in [3.05, 3.63) is 111 Å². The lowest BCUT2D eigenvalue weighted by molar-refractivity contribution is -0.384. The number of ether oxygens (including phenoxy) is 2. The molecule has 15 nitrogen and oxygen atoms in total. The van der Waals surface area contributed by atoms with Crippen LogP contribution in [0.4, 0.5) is 41.6 Å². The Hall–Kier alpha value is -5.89. The van der Waals surface area contributed by atoms with Crippen LogP contribution < -0.4 is 24.6 Å². The third kappa shape index (κ3) is 10.2. The summed E-state index contributed by atoms with van der Waals surface area (Å²) in [6.07, 6.45) is -1.04. The number of alkyl halides is 3. The fraction of sp³-hybridized carbons (Fsp3) is 0.404. The molecule has 20 heteroatoms. The van der Waals surface area contributed by atoms with Crippen molar-refractivity contribution in [3.8, 4) is 5.88 Å². The SMILES string of the molecule is C[C@@H]1CN(c2cc(N3CCN(CC4=C(c5ccc(Cl)cc5)C[C@@H](C(F)(F)F)CC4)CC3)ccc2C(=O)NS(=O)(=O)c2ccc(NCC3CCOCC3)c([N+](=O)[O-])c2)c2cc3cc[nH]c3nc2O1. The number of amides is 1. The number of fused-ring (bicyclic) bond motifs is 2. The third-order valence-corrected chi connectivity index (χ3v) is 14.7. The lowest BCUT2D eigenvalue weighted by Gasteiger charge is -2.39. The van der Waals surface area contributed by atoms with Crippen LogP contribution in [0.15, 0.2) is 89.5 Å². The molecule has 0 spiro atoms. The van der Waals surface area contributed by atoms with Gasteiger partial charge >= 0.3 is 6.18 Å². The van der Waals surface area contributed by atoms with Crippen molar-refractivity contribution >= 4 is 72.6 Å². The van der Waals surface area contributed by atoms with Crippen LogP contribution in [-0.2, 0) is 14.8 Å². The van der Waals surface area contributed by atoms with Crippen LogP contribution in [0.3, 0.4) is 0 Å². The molecule has 354 valence electrons. The van der Waals surface area contributed by atoms with Crippen LogP contribution in [0.5, 0.6) is 5.88 Å². The van der Waals surface area contributed by atoms with Crippen LogP contribution in [0.1, 0.15) is 54.9 Å². The van der Waals surface area contributed by atoms with E-state index in [4.69, 9.17) is 26.1 Å². The van der Waals surface area contributed by atoms with Gasteiger partial charge in [0.1, 0.15) is 23.1 Å². The van der Waals surface area contributed by atoms with Crippen molar-refractivity contribution in [3.63, 3.8) is 0 Å². The quantitative estimate of drug-likeness (QED) is 0.0801. The standard InChI is InChI=1S/C47H50ClF3N8O7S/c1-29-27-58(43-22-32-12-15-52-44(32)54-46(43)66-29)41-24-36(57-18-16-56(17-19-57)28-33-2-5-34(47(49,50)51)23-39(33)31-3-6-35(48)7-4-31)8-10-38(41)45(60)55-67(63,64)37-9-11-40(42(25-37)59(61)62)53-26-30-13-20-65-21-14-30/h3-4,6-12,15,22,24-25,29-30,34,53H,2,5,13-14,16-21,23,26-28H2,1H3,(H,52,54)(H,55,60)/t29-,34+/m1/s1. The van der Waals surface area contributed by atoms with Gasteiger partial charge in [0.25, 0.3) is 21.6 Å². The molecule has 1 aliphatic carbocycles. The summed E-state index contributed by atoms with van der Waals surface area (Å²) in [5.41, 5.74) is 4.52. The Morgan fingerprint density at radius 1 is 0.985 bits per heavy atom. The molecule has 5 heterocycles. The highest BCUT2D eigenvalue weighted by atomic mass is 35.5. The molecular weight excluding hydrogens is 913 g/mol. The minimum atomic E-state index is -4.63. The minimum absolute atomic E-state index is 0.0283. The van der Waals surface area contributed by atoms with Crippen molar-refractivity contribution in [2.45, 2.75) is 56.2 Å². The number of hydrogen-bond donors (Lipinski definition) is 3. The Morgan fingerprint density at radius 2 is 1.75 bits per heavy atom. The Labute approximate surface area is 390 Å². The second kappa shape index (κ2) is 19.0. The smallest absolute Gasteiger partial charge is 0.392 e. The van der Waals surface area contributed by atoms with Crippen LogP contribution in [0.25, 0.3) is 16.6 Å². The number of H-pyrrole nitrogens is 1. The first-order valence-electron chi connectivity index (χ1n) is 22.3. The number of carbonyl (C=O) groups excluding carboxylic acids is 1. The maximum atomic E-state index is 14.3. The molecule has 2 atom stereocenters. The maximum Gasteiger partial charge on any atom is 0.392 e. The van der Waals surface area contributed by atoms with Gasteiger partial charge in [-0.25, -0.2) is 13.1 Å². The van der Waals surface area contributed by atoms with Crippen molar-refractivity contribution in [2.24, 2.45) is 11.8 Å². The molecule has 2 fully saturated rings. The van der Waals surface area contributed by atoms with Gasteiger partial charge in [-0.1, -0.05) is 29.3 Å². The second-order valence-corrected chi connectivity index (χ2v) is 19.7. The number of nitro benzene ring substituents is 1. The Bertz CT molecular complexity index is 2810. The van der Waals surface area contributed by atoms with Crippen molar-refractivity contribution in [1.29, 1.82) is 0 Å². The summed E-state index contributed by atoms with van der Waals surface area (Å²) < 4.78 is 83.4. The molecule has 4 aliphatic rings. The number of benzene rings is 3. The van der Waals surface area contributed by atoms with Crippen molar-refractivity contribution in [1.82, 2.24) is 19.6 Å². The molecule has 67 heavy (non-hydrogen) atoms. The number of hydrogen-bond acceptors (Lipinski definition) is 12. The van der Waals surface area contributed by atoms with E-state index in [0.717, 1.165) is 41.1 Å². The first-order chi connectivity index (χ1) is 32.1. The lowest BCUT2D eigenvalue weighted by Crippen LogP contribution is -2.47. The number of nitrogens with one attached hydrogen (secondary N) is 3. The van der Waals surface area contributed by atoms with Gasteiger partial charge in [0.15, 0.2) is 0 Å². The van der Waals surface area contributed by atoms with E-state index in [2.05, 4.69) is 24.8 Å². The van der Waals surface area contributed by atoms with E-state index in [1.807, 2.05) is 30.0 Å². The van der Waals surface area contributed by atoms with Crippen LogP contribution >= 0.6 is 11.6 Å². The van der Waals surface area contributed by atoms with E-state index < -0.39 is 49.6 Å². The summed E-state index contributed by atoms with van der Waals surface area (Å²) >= 11 is 6.14. The third-order valence-electron chi connectivity index (χ3n) is 13.1. The highest BCUT2D eigenvalue weighted by molar-refractivity contribution is 7.90. The fourth-order valence-electron chi connectivity index (χ4n) is 9.45. The summed E-state index contributed by atoms with van der Waals surface area (Å²) in [7, 11) is -4.63. The van der Waals surface area contributed by atoms with Crippen molar-refractivity contribution < 1.29 is 40.8 Å². The summed E-state index contributed by atoms with van der Waals surface area (Å²) in [6.45, 7) is 6.68. The molecular formula is C47H50ClF3N8O7S. The summed E-state index contributed by atoms with van der Waals surface area (Å²) in [4.78, 5) is 39.5. The number of anilines is 4. The second-order valence-electron chi connectivity index (χ2n) is 17.6. The van der Waals surface area contributed by atoms with E-state index in [1.54, 1.807) is 42.6 Å². The molecule has 2 saturated heterocycles. The maximum absolute atomic E-state index is 14.3. The van der Waals surface area contributed by atoms with Crippen molar-refractivity contribution in [2.75, 3.05) is 74.1 Å². The Morgan fingerprint density at radius 3 is 2.48 bits per heavy atom. The average Bonchev–Trinajstić information content (AvgIpc) is 3.77. The fourth-order valence-corrected chi connectivity index (χ4v) is 10.6. The lowest BCUT2D eigenvalue weighted by atomic mass is 9.80. The van der Waals surface area contributed by atoms with Gasteiger partial charge < -0.3 is 29.6 Å². The molecule has 0 saturated carbocycles. The molecule has 5 aromatic rings. The molecule has 3 aromatic carbocycles. The molecule has 3 aliphatic heterocycles. The number of aromatic nitrogens is 2. The number of aromatic amines is 1. The van der Waals surface area contributed by atoms with E-state index in [-0.39, 0.29) is 36.6 Å². The van der Waals surface area contributed by atoms with Crippen LogP contribution in [0.2, 0.25) is 5.02 Å². The Balaban J connectivity index is 0.983. The molecule has 2 aromatic heterocycles. The first kappa shape index (κ1) is 46.2. The van der Waals surface area contributed by atoms with Crippen LogP contribution in [-0.4, -0.2) is 105 Å². The predicted molar refractivity (Wildman–Crippen MR) is 250 cm³/mol. The van der Waals surface area contributed by atoms with Gasteiger partial charge in [0.2, 0.25) is 5.88 Å². The topological polar surface area (TPSA) is 175 Å². The monoisotopic (exact) mass is 962 g/mol. The normalized spacial score (nSPS) is 19.8. The first-order valence-corrected chi connectivity index (χ1v) is 24.2. The van der Waals surface area contributed by atoms with E-state index in [1.165, 1.54) is 12.1 Å². The number of allylic oxidation sites excluding steroid dienone is 1. The van der Waals surface area contributed by atoms with Gasteiger partial charge in [-0.3, -0.25) is 19.8 Å². The molecule has 0 bridgehead atoms. The van der Waals surface area contributed by atoms with Gasteiger partial charge in [-0.15, -0.1) is 0 Å². The Kier molecular flexibility index (Phi) is 13.1. The van der Waals surface area contributed by atoms with E-state index in [0.29, 0.717) is 92.4 Å². The zero-order valence-electron chi connectivity index (χ0n) is 36.7. The van der Waals surface area contributed by atoms with E-state index in [9.17, 15) is 36.5 Å². The minimum Gasteiger partial charge on any atom is -0.471 e. The number of carbonyl (C=O) groups is 1. The van der Waals surface area contributed by atoms with Gasteiger partial charge in [0.05, 0.1) is 33.5 Å². The molecule has 9 rings (SSSR count). The molecule has 3 N–H and O–H groups in total. The highest BCUT2D eigenvalue weighted by Crippen LogP contribution is 2.45. The number of piperazine rings is 1. The molecule has 0 unspecified atom stereocenters. The molecule has 0 radical (unpaired) electrons. The summed E-state index contributed by atoms with van der Waals surface area (Å²) in [5.74, 6) is -1.79. The van der Waals surface area contributed by atoms with Crippen LogP contribution in [0, 0.1) is 22.0 Å². The number of halogens is 4. The number of pyridine rings is 1.